The van der Waals surface area contributed by atoms with Gasteiger partial charge in [0.2, 0.25) is 11.8 Å². The Balaban J connectivity index is 1.78. The monoisotopic (exact) mass is 428 g/mol. The Bertz CT molecular complexity index is 906. The lowest BCUT2D eigenvalue weighted by Crippen LogP contribution is -2.48. The number of carbonyl (C=O) groups excluding carboxylic acids is 2. The molecule has 0 fully saturated rings. The van der Waals surface area contributed by atoms with Crippen molar-refractivity contribution >= 4 is 23.2 Å². The summed E-state index contributed by atoms with van der Waals surface area (Å²) in [6.07, 6.45) is 0.850. The van der Waals surface area contributed by atoms with E-state index >= 15 is 0 Å². The van der Waals surface area contributed by atoms with Gasteiger partial charge in [-0.25, -0.2) is 0 Å². The standard InChI is InChI=1S/C24H32N2O3S/c1-6-25(24(28)16(2)3)14-23(27)26-11-9-22-19(10-12-30-22)20(26)15-29-21-8-7-17(4)13-18(21)5/h7-8,10,12-13,16,20H,6,9,11,14-15H2,1-5H3. The van der Waals surface area contributed by atoms with Crippen LogP contribution in [0, 0.1) is 19.8 Å². The third kappa shape index (κ3) is 4.86. The van der Waals surface area contributed by atoms with Crippen LogP contribution >= 0.6 is 11.3 Å². The number of benzene rings is 1. The van der Waals surface area contributed by atoms with Crippen molar-refractivity contribution in [3.8, 4) is 5.75 Å². The largest absolute Gasteiger partial charge is 0.491 e. The minimum Gasteiger partial charge on any atom is -0.491 e. The van der Waals surface area contributed by atoms with Crippen LogP contribution in [0.15, 0.2) is 29.6 Å². The molecule has 0 bridgehead atoms. The Labute approximate surface area is 183 Å². The Morgan fingerprint density at radius 1 is 1.27 bits per heavy atom. The smallest absolute Gasteiger partial charge is 0.242 e. The van der Waals surface area contributed by atoms with Crippen molar-refractivity contribution in [2.45, 2.75) is 47.1 Å². The molecule has 0 saturated carbocycles. The molecule has 0 spiro atoms. The Hall–Kier alpha value is -2.34. The highest BCUT2D eigenvalue weighted by molar-refractivity contribution is 7.10. The van der Waals surface area contributed by atoms with Gasteiger partial charge < -0.3 is 14.5 Å². The average Bonchev–Trinajstić information content (AvgIpc) is 3.19. The quantitative estimate of drug-likeness (QED) is 0.658. The van der Waals surface area contributed by atoms with Crippen molar-refractivity contribution in [1.82, 2.24) is 9.80 Å². The number of aryl methyl sites for hydroxylation is 2. The van der Waals surface area contributed by atoms with E-state index in [1.165, 1.54) is 16.0 Å². The van der Waals surface area contributed by atoms with E-state index in [4.69, 9.17) is 4.74 Å². The fourth-order valence-electron chi connectivity index (χ4n) is 3.97. The third-order valence-electron chi connectivity index (χ3n) is 5.66. The lowest BCUT2D eigenvalue weighted by atomic mass is 10.00. The second kappa shape index (κ2) is 9.65. The maximum absolute atomic E-state index is 13.2. The molecular weight excluding hydrogens is 396 g/mol. The molecule has 2 heterocycles. The van der Waals surface area contributed by atoms with E-state index in [0.29, 0.717) is 19.7 Å². The van der Waals surface area contributed by atoms with Crippen LogP contribution in [-0.2, 0) is 16.0 Å². The van der Waals surface area contributed by atoms with Crippen molar-refractivity contribution in [1.29, 1.82) is 0 Å². The van der Waals surface area contributed by atoms with Gasteiger partial charge in [-0.1, -0.05) is 31.5 Å². The van der Waals surface area contributed by atoms with Gasteiger partial charge in [-0.2, -0.15) is 0 Å². The zero-order valence-corrected chi connectivity index (χ0v) is 19.4. The van der Waals surface area contributed by atoms with Crippen molar-refractivity contribution in [2.75, 3.05) is 26.2 Å². The highest BCUT2D eigenvalue weighted by atomic mass is 32.1. The van der Waals surface area contributed by atoms with Crippen LogP contribution in [0.1, 0.15) is 48.4 Å². The number of rotatable bonds is 7. The van der Waals surface area contributed by atoms with Crippen molar-refractivity contribution < 1.29 is 14.3 Å². The number of nitrogens with zero attached hydrogens (tertiary/aromatic N) is 2. The molecule has 1 aliphatic rings. The van der Waals surface area contributed by atoms with Crippen LogP contribution in [0.25, 0.3) is 0 Å². The fourth-order valence-corrected chi connectivity index (χ4v) is 4.90. The number of hydrogen-bond acceptors (Lipinski definition) is 4. The highest BCUT2D eigenvalue weighted by Gasteiger charge is 2.33. The Kier molecular flexibility index (Phi) is 7.19. The summed E-state index contributed by atoms with van der Waals surface area (Å²) in [7, 11) is 0. The molecule has 0 N–H and O–H groups in total. The van der Waals surface area contributed by atoms with Gasteiger partial charge in [-0.3, -0.25) is 9.59 Å². The van der Waals surface area contributed by atoms with E-state index in [1.54, 1.807) is 16.2 Å². The molecule has 0 aliphatic carbocycles. The molecule has 1 atom stereocenters. The summed E-state index contributed by atoms with van der Waals surface area (Å²) in [5.74, 6) is 0.728. The average molecular weight is 429 g/mol. The topological polar surface area (TPSA) is 49.9 Å². The predicted octanol–water partition coefficient (Wildman–Crippen LogP) is 4.37. The van der Waals surface area contributed by atoms with Crippen LogP contribution in [-0.4, -0.2) is 47.9 Å². The first kappa shape index (κ1) is 22.3. The number of ether oxygens (including phenoxy) is 1. The zero-order valence-electron chi connectivity index (χ0n) is 18.6. The summed E-state index contributed by atoms with van der Waals surface area (Å²) >= 11 is 1.74. The second-order valence-electron chi connectivity index (χ2n) is 8.24. The summed E-state index contributed by atoms with van der Waals surface area (Å²) in [6, 6.07) is 8.10. The van der Waals surface area contributed by atoms with E-state index in [9.17, 15) is 9.59 Å². The number of hydrogen-bond donors (Lipinski definition) is 0. The summed E-state index contributed by atoms with van der Waals surface area (Å²) < 4.78 is 6.19. The molecule has 162 valence electrons. The van der Waals surface area contributed by atoms with E-state index in [-0.39, 0.29) is 30.3 Å². The Morgan fingerprint density at radius 2 is 2.03 bits per heavy atom. The molecule has 2 aromatic rings. The van der Waals surface area contributed by atoms with Crippen LogP contribution in [0.3, 0.4) is 0 Å². The Morgan fingerprint density at radius 3 is 2.70 bits per heavy atom. The van der Waals surface area contributed by atoms with E-state index in [1.807, 2.05) is 44.7 Å². The zero-order chi connectivity index (χ0) is 21.8. The van der Waals surface area contributed by atoms with Crippen LogP contribution in [0.2, 0.25) is 0 Å². The molecule has 30 heavy (non-hydrogen) atoms. The normalized spacial score (nSPS) is 15.8. The molecular formula is C24H32N2O3S. The van der Waals surface area contributed by atoms with Gasteiger partial charge in [-0.05, 0) is 55.8 Å². The van der Waals surface area contributed by atoms with Crippen molar-refractivity contribution in [3.63, 3.8) is 0 Å². The van der Waals surface area contributed by atoms with Crippen LogP contribution < -0.4 is 4.74 Å². The number of likely N-dealkylation sites (N-methyl/N-ethyl adjacent to an activating group) is 1. The van der Waals surface area contributed by atoms with Gasteiger partial charge in [0.05, 0.1) is 12.6 Å². The SMILES string of the molecule is CCN(CC(=O)N1CCc2sccc2C1COc1ccc(C)cc1C)C(=O)C(C)C. The minimum atomic E-state index is -0.138. The molecule has 1 unspecified atom stereocenters. The minimum absolute atomic E-state index is 0.0159. The number of thiophene rings is 1. The van der Waals surface area contributed by atoms with E-state index < -0.39 is 0 Å². The van der Waals surface area contributed by atoms with Gasteiger partial charge in [0, 0.05) is 23.9 Å². The molecule has 1 aromatic heterocycles. The molecule has 6 heteroatoms. The summed E-state index contributed by atoms with van der Waals surface area (Å²) in [5.41, 5.74) is 3.46. The molecule has 3 rings (SSSR count). The van der Waals surface area contributed by atoms with E-state index in [0.717, 1.165) is 17.7 Å². The first-order valence-electron chi connectivity index (χ1n) is 10.7. The highest BCUT2D eigenvalue weighted by Crippen LogP contribution is 2.34. The second-order valence-corrected chi connectivity index (χ2v) is 9.24. The lowest BCUT2D eigenvalue weighted by molar-refractivity contribution is -0.144. The van der Waals surface area contributed by atoms with Gasteiger partial charge in [0.1, 0.15) is 12.4 Å². The maximum Gasteiger partial charge on any atom is 0.242 e. The summed E-state index contributed by atoms with van der Waals surface area (Å²) in [6.45, 7) is 11.5. The molecule has 5 nitrogen and oxygen atoms in total. The summed E-state index contributed by atoms with van der Waals surface area (Å²) in [5, 5.41) is 2.09. The lowest BCUT2D eigenvalue weighted by Gasteiger charge is -2.37. The van der Waals surface area contributed by atoms with Gasteiger partial charge in [0.15, 0.2) is 0 Å². The molecule has 1 aromatic carbocycles. The third-order valence-corrected chi connectivity index (χ3v) is 6.65. The molecule has 1 aliphatic heterocycles. The van der Waals surface area contributed by atoms with Crippen molar-refractivity contribution in [2.24, 2.45) is 5.92 Å². The van der Waals surface area contributed by atoms with Gasteiger partial charge in [0.25, 0.3) is 0 Å². The molecule has 2 amide bonds. The number of amides is 2. The number of fused-ring (bicyclic) bond motifs is 1. The first-order chi connectivity index (χ1) is 14.3. The first-order valence-corrected chi connectivity index (χ1v) is 11.5. The van der Waals surface area contributed by atoms with Crippen LogP contribution in [0.4, 0.5) is 0 Å². The fraction of sp³-hybridized carbons (Fsp3) is 0.500. The maximum atomic E-state index is 13.2. The van der Waals surface area contributed by atoms with E-state index in [2.05, 4.69) is 24.4 Å². The predicted molar refractivity (Wildman–Crippen MR) is 121 cm³/mol. The molecule has 0 saturated heterocycles. The van der Waals surface area contributed by atoms with Crippen LogP contribution in [0.5, 0.6) is 5.75 Å². The number of carbonyl (C=O) groups is 2. The molecule has 0 radical (unpaired) electrons. The summed E-state index contributed by atoms with van der Waals surface area (Å²) in [4.78, 5) is 30.5. The van der Waals surface area contributed by atoms with Gasteiger partial charge >= 0.3 is 0 Å². The van der Waals surface area contributed by atoms with Crippen molar-refractivity contribution in [3.05, 3.63) is 51.2 Å². The van der Waals surface area contributed by atoms with Gasteiger partial charge in [-0.15, -0.1) is 11.3 Å².